The van der Waals surface area contributed by atoms with Crippen molar-refractivity contribution < 1.29 is 0 Å². The van der Waals surface area contributed by atoms with E-state index in [1.54, 1.807) is 5.57 Å². The van der Waals surface area contributed by atoms with E-state index < -0.39 is 0 Å². The molecule has 0 aromatic heterocycles. The number of hydrogen-bond donors (Lipinski definition) is 0. The van der Waals surface area contributed by atoms with E-state index in [1.165, 1.54) is 25.7 Å². The zero-order valence-corrected chi connectivity index (χ0v) is 17.8. The Morgan fingerprint density at radius 2 is 1.21 bits per heavy atom. The second-order valence-electron chi connectivity index (χ2n) is 10.3. The van der Waals surface area contributed by atoms with Gasteiger partial charge < -0.3 is 0 Å². The van der Waals surface area contributed by atoms with Crippen LogP contribution in [0.4, 0.5) is 0 Å². The van der Waals surface area contributed by atoms with Gasteiger partial charge in [0.15, 0.2) is 0 Å². The molecule has 2 aliphatic carbocycles. The summed E-state index contributed by atoms with van der Waals surface area (Å²) >= 11 is 0. The minimum absolute atomic E-state index is 0.672. The first-order valence-corrected chi connectivity index (χ1v) is 10.8. The minimum Gasteiger partial charge on any atom is -0.0993 e. The van der Waals surface area contributed by atoms with Gasteiger partial charge in [-0.05, 0) is 84.9 Å². The predicted octanol–water partition coefficient (Wildman–Crippen LogP) is 7.45. The molecule has 140 valence electrons. The molecule has 2 saturated carbocycles. The molecule has 24 heavy (non-hydrogen) atoms. The van der Waals surface area contributed by atoms with E-state index in [9.17, 15) is 0 Å². The number of allylic oxidation sites excluding steroid dienone is 1. The standard InChI is InChI=1S/C24H44/c1-14-10-17(4)24(18(5)11-14)22(9)20(7)21(8)23-12-15(2)19(6)16(3)13-23/h14-21,23-24H,9-13H2,1-8H3. The zero-order valence-electron chi connectivity index (χ0n) is 17.8. The Hall–Kier alpha value is -0.260. The maximum absolute atomic E-state index is 4.67. The van der Waals surface area contributed by atoms with E-state index in [4.69, 9.17) is 0 Å². The average molecular weight is 333 g/mol. The van der Waals surface area contributed by atoms with Crippen LogP contribution < -0.4 is 0 Å². The molecule has 0 nitrogen and oxygen atoms in total. The molecule has 0 amide bonds. The molecular weight excluding hydrogens is 288 g/mol. The van der Waals surface area contributed by atoms with Gasteiger partial charge in [-0.2, -0.15) is 0 Å². The molecule has 6 unspecified atom stereocenters. The van der Waals surface area contributed by atoms with E-state index in [-0.39, 0.29) is 0 Å². The molecule has 0 heterocycles. The number of hydrogen-bond acceptors (Lipinski definition) is 0. The molecule has 0 aliphatic heterocycles. The maximum atomic E-state index is 4.67. The molecule has 0 aromatic carbocycles. The van der Waals surface area contributed by atoms with E-state index in [1.807, 2.05) is 0 Å². The van der Waals surface area contributed by atoms with Gasteiger partial charge in [0.25, 0.3) is 0 Å². The van der Waals surface area contributed by atoms with E-state index in [0.717, 1.165) is 53.3 Å². The highest BCUT2D eigenvalue weighted by Crippen LogP contribution is 2.48. The van der Waals surface area contributed by atoms with Gasteiger partial charge in [-0.3, -0.25) is 0 Å². The lowest BCUT2D eigenvalue weighted by atomic mass is 9.60. The van der Waals surface area contributed by atoms with Crippen molar-refractivity contribution in [3.05, 3.63) is 12.2 Å². The van der Waals surface area contributed by atoms with Crippen molar-refractivity contribution in [1.29, 1.82) is 0 Å². The Morgan fingerprint density at radius 3 is 1.67 bits per heavy atom. The lowest BCUT2D eigenvalue weighted by Crippen LogP contribution is -2.36. The SMILES string of the molecule is C=C(C(C)C(C)C1CC(C)C(C)C(C)C1)C1C(C)CC(C)CC1C. The Bertz CT molecular complexity index is 398. The Labute approximate surface area is 152 Å². The molecule has 0 N–H and O–H groups in total. The highest BCUT2D eigenvalue weighted by molar-refractivity contribution is 5.11. The first kappa shape index (κ1) is 20.1. The van der Waals surface area contributed by atoms with Crippen molar-refractivity contribution in [2.45, 2.75) is 81.1 Å². The van der Waals surface area contributed by atoms with Crippen LogP contribution in [0.2, 0.25) is 0 Å². The van der Waals surface area contributed by atoms with E-state index >= 15 is 0 Å². The van der Waals surface area contributed by atoms with E-state index in [2.05, 4.69) is 62.0 Å². The summed E-state index contributed by atoms with van der Waals surface area (Å²) in [6, 6.07) is 0. The topological polar surface area (TPSA) is 0 Å². The normalized spacial score (nSPS) is 46.3. The fourth-order valence-corrected chi connectivity index (χ4v) is 6.47. The highest BCUT2D eigenvalue weighted by atomic mass is 14.4. The van der Waals surface area contributed by atoms with Crippen LogP contribution in [0.3, 0.4) is 0 Å². The van der Waals surface area contributed by atoms with Crippen LogP contribution in [0.1, 0.15) is 81.1 Å². The van der Waals surface area contributed by atoms with Gasteiger partial charge >= 0.3 is 0 Å². The Kier molecular flexibility index (Phi) is 6.65. The predicted molar refractivity (Wildman–Crippen MR) is 108 cm³/mol. The van der Waals surface area contributed by atoms with Crippen LogP contribution in [-0.4, -0.2) is 0 Å². The quantitative estimate of drug-likeness (QED) is 0.469. The average Bonchev–Trinajstić information content (AvgIpc) is 2.49. The smallest absolute Gasteiger partial charge is 0.0151 e. The monoisotopic (exact) mass is 332 g/mol. The highest BCUT2D eigenvalue weighted by Gasteiger charge is 2.39. The molecule has 0 aromatic rings. The molecule has 0 spiro atoms. The fraction of sp³-hybridized carbons (Fsp3) is 0.917. The molecule has 0 radical (unpaired) electrons. The summed E-state index contributed by atoms with van der Waals surface area (Å²) in [6.07, 6.45) is 5.64. The third kappa shape index (κ3) is 4.10. The van der Waals surface area contributed by atoms with E-state index in [0.29, 0.717) is 5.92 Å². The first-order valence-electron chi connectivity index (χ1n) is 10.8. The largest absolute Gasteiger partial charge is 0.0993 e. The van der Waals surface area contributed by atoms with Gasteiger partial charge in [-0.15, -0.1) is 0 Å². The second kappa shape index (κ2) is 7.96. The molecule has 0 bridgehead atoms. The summed E-state index contributed by atoms with van der Waals surface area (Å²) in [4.78, 5) is 0. The van der Waals surface area contributed by atoms with Gasteiger partial charge in [0.1, 0.15) is 0 Å². The molecular formula is C24H44. The third-order valence-corrected chi connectivity index (χ3v) is 8.46. The molecule has 0 saturated heterocycles. The van der Waals surface area contributed by atoms with Crippen LogP contribution in [0.25, 0.3) is 0 Å². The Balaban J connectivity index is 2.04. The van der Waals surface area contributed by atoms with Crippen LogP contribution in [0.5, 0.6) is 0 Å². The summed E-state index contributed by atoms with van der Waals surface area (Å²) in [5, 5.41) is 0. The summed E-state index contributed by atoms with van der Waals surface area (Å²) in [6.45, 7) is 24.5. The summed E-state index contributed by atoms with van der Waals surface area (Å²) in [5.74, 6) is 8.29. The fourth-order valence-electron chi connectivity index (χ4n) is 6.47. The van der Waals surface area contributed by atoms with Gasteiger partial charge in [-0.25, -0.2) is 0 Å². The van der Waals surface area contributed by atoms with Crippen LogP contribution in [0, 0.1) is 59.2 Å². The molecule has 6 atom stereocenters. The molecule has 2 rings (SSSR count). The zero-order chi connectivity index (χ0) is 18.2. The molecule has 2 aliphatic rings. The summed E-state index contributed by atoms with van der Waals surface area (Å²) < 4.78 is 0. The lowest BCUT2D eigenvalue weighted by molar-refractivity contribution is 0.0859. The Morgan fingerprint density at radius 1 is 0.750 bits per heavy atom. The van der Waals surface area contributed by atoms with Crippen LogP contribution >= 0.6 is 0 Å². The molecule has 0 heteroatoms. The van der Waals surface area contributed by atoms with Crippen molar-refractivity contribution in [3.8, 4) is 0 Å². The first-order chi connectivity index (χ1) is 11.1. The molecule has 2 fully saturated rings. The minimum atomic E-state index is 0.672. The van der Waals surface area contributed by atoms with Crippen molar-refractivity contribution >= 4 is 0 Å². The van der Waals surface area contributed by atoms with Crippen LogP contribution in [-0.2, 0) is 0 Å². The lowest BCUT2D eigenvalue weighted by Gasteiger charge is -2.45. The maximum Gasteiger partial charge on any atom is -0.0151 e. The summed E-state index contributed by atoms with van der Waals surface area (Å²) in [5.41, 5.74) is 1.58. The van der Waals surface area contributed by atoms with Crippen molar-refractivity contribution in [2.75, 3.05) is 0 Å². The second-order valence-corrected chi connectivity index (χ2v) is 10.3. The van der Waals surface area contributed by atoms with Crippen molar-refractivity contribution in [2.24, 2.45) is 59.2 Å². The number of rotatable bonds is 4. The van der Waals surface area contributed by atoms with Crippen molar-refractivity contribution in [1.82, 2.24) is 0 Å². The van der Waals surface area contributed by atoms with Gasteiger partial charge in [-0.1, -0.05) is 67.5 Å². The van der Waals surface area contributed by atoms with Gasteiger partial charge in [0.05, 0.1) is 0 Å². The third-order valence-electron chi connectivity index (χ3n) is 8.46. The summed E-state index contributed by atoms with van der Waals surface area (Å²) in [7, 11) is 0. The van der Waals surface area contributed by atoms with Gasteiger partial charge in [0.2, 0.25) is 0 Å². The van der Waals surface area contributed by atoms with Gasteiger partial charge in [0, 0.05) is 0 Å². The van der Waals surface area contributed by atoms with Crippen LogP contribution in [0.15, 0.2) is 12.2 Å². The van der Waals surface area contributed by atoms with Crippen molar-refractivity contribution in [3.63, 3.8) is 0 Å².